The summed E-state index contributed by atoms with van der Waals surface area (Å²) in [7, 11) is 0. The summed E-state index contributed by atoms with van der Waals surface area (Å²) in [6, 6.07) is 0. The minimum absolute atomic E-state index is 0.353. The summed E-state index contributed by atoms with van der Waals surface area (Å²) in [4.78, 5) is 0. The molecule has 2 heteroatoms. The third-order valence-electron chi connectivity index (χ3n) is 4.28. The lowest BCUT2D eigenvalue weighted by atomic mass is 9.95. The van der Waals surface area contributed by atoms with E-state index in [1.165, 1.54) is 64.2 Å². The second-order valence-corrected chi connectivity index (χ2v) is 5.99. The summed E-state index contributed by atoms with van der Waals surface area (Å²) in [5.41, 5.74) is 0. The summed E-state index contributed by atoms with van der Waals surface area (Å²) < 4.78 is 0. The largest absolute Gasteiger partial charge is 0.396 e. The van der Waals surface area contributed by atoms with Gasteiger partial charge in [-0.15, -0.1) is 0 Å². The fraction of sp³-hybridized carbons (Fsp3) is 1.00. The first-order valence-electron chi connectivity index (χ1n) is 8.50. The first-order valence-corrected chi connectivity index (χ1v) is 8.50. The number of hydrogen-bond donors (Lipinski definition) is 2. The molecule has 0 aliphatic rings. The van der Waals surface area contributed by atoms with Crippen LogP contribution in [0.4, 0.5) is 0 Å². The molecule has 2 N–H and O–H groups in total. The monoisotopic (exact) mass is 272 g/mol. The number of aliphatic hydroxyl groups is 2. The molecule has 0 radical (unpaired) electrons. The molecule has 2 unspecified atom stereocenters. The van der Waals surface area contributed by atoms with Crippen molar-refractivity contribution in [2.24, 2.45) is 11.8 Å². The molecule has 0 aromatic rings. The van der Waals surface area contributed by atoms with Crippen LogP contribution < -0.4 is 0 Å². The fourth-order valence-corrected chi connectivity index (χ4v) is 2.64. The molecule has 0 saturated heterocycles. The highest BCUT2D eigenvalue weighted by Gasteiger charge is 2.06. The quantitative estimate of drug-likeness (QED) is 0.456. The fourth-order valence-electron chi connectivity index (χ4n) is 2.64. The van der Waals surface area contributed by atoms with Gasteiger partial charge in [0.15, 0.2) is 0 Å². The predicted molar refractivity (Wildman–Crippen MR) is 83.3 cm³/mol. The lowest BCUT2D eigenvalue weighted by molar-refractivity contribution is 0.204. The van der Waals surface area contributed by atoms with Crippen LogP contribution in [0.2, 0.25) is 0 Å². The van der Waals surface area contributed by atoms with Gasteiger partial charge in [-0.1, -0.05) is 65.2 Å². The van der Waals surface area contributed by atoms with E-state index in [0.29, 0.717) is 25.0 Å². The summed E-state index contributed by atoms with van der Waals surface area (Å²) in [5.74, 6) is 1.06. The van der Waals surface area contributed by atoms with Crippen LogP contribution in [0.1, 0.15) is 84.5 Å². The minimum Gasteiger partial charge on any atom is -0.396 e. The number of aliphatic hydroxyl groups excluding tert-OH is 2. The van der Waals surface area contributed by atoms with E-state index in [-0.39, 0.29) is 0 Å². The lowest BCUT2D eigenvalue weighted by Crippen LogP contribution is -2.06. The van der Waals surface area contributed by atoms with E-state index in [0.717, 1.165) is 6.42 Å². The maximum absolute atomic E-state index is 9.29. The molecule has 0 fully saturated rings. The van der Waals surface area contributed by atoms with E-state index < -0.39 is 0 Å². The van der Waals surface area contributed by atoms with E-state index in [2.05, 4.69) is 13.8 Å². The molecule has 19 heavy (non-hydrogen) atoms. The Bertz CT molecular complexity index is 167. The zero-order valence-electron chi connectivity index (χ0n) is 13.2. The van der Waals surface area contributed by atoms with Gasteiger partial charge in [-0.25, -0.2) is 0 Å². The Hall–Kier alpha value is -0.0800. The SMILES string of the molecule is CCCCC(CO)CCCCCCCC(CC)CO. The van der Waals surface area contributed by atoms with Gasteiger partial charge < -0.3 is 10.2 Å². The van der Waals surface area contributed by atoms with Gasteiger partial charge in [0.25, 0.3) is 0 Å². The van der Waals surface area contributed by atoms with Crippen molar-refractivity contribution in [2.75, 3.05) is 13.2 Å². The van der Waals surface area contributed by atoms with Gasteiger partial charge in [-0.2, -0.15) is 0 Å². The van der Waals surface area contributed by atoms with Gasteiger partial charge in [-0.3, -0.25) is 0 Å². The Balaban J connectivity index is 3.33. The van der Waals surface area contributed by atoms with Crippen LogP contribution in [0.5, 0.6) is 0 Å². The molecule has 2 atom stereocenters. The Morgan fingerprint density at radius 2 is 1.11 bits per heavy atom. The molecule has 0 aromatic heterocycles. The smallest absolute Gasteiger partial charge is 0.0459 e. The van der Waals surface area contributed by atoms with Crippen LogP contribution in [0.3, 0.4) is 0 Å². The van der Waals surface area contributed by atoms with E-state index in [4.69, 9.17) is 5.11 Å². The van der Waals surface area contributed by atoms with Gasteiger partial charge in [0, 0.05) is 13.2 Å². The summed E-state index contributed by atoms with van der Waals surface area (Å²) in [5, 5.41) is 18.4. The number of unbranched alkanes of at least 4 members (excludes halogenated alkanes) is 5. The topological polar surface area (TPSA) is 40.5 Å². The van der Waals surface area contributed by atoms with Gasteiger partial charge in [0.05, 0.1) is 0 Å². The molecular weight excluding hydrogens is 236 g/mol. The molecular formula is C17H36O2. The van der Waals surface area contributed by atoms with Crippen LogP contribution in [0.15, 0.2) is 0 Å². The Kier molecular flexibility index (Phi) is 14.3. The van der Waals surface area contributed by atoms with Crippen LogP contribution >= 0.6 is 0 Å². The van der Waals surface area contributed by atoms with Crippen LogP contribution in [-0.2, 0) is 0 Å². The molecule has 0 aromatic carbocycles. The zero-order valence-corrected chi connectivity index (χ0v) is 13.2. The first kappa shape index (κ1) is 18.9. The molecule has 2 nitrogen and oxygen atoms in total. The predicted octanol–water partition coefficient (Wildman–Crippen LogP) is 4.53. The lowest BCUT2D eigenvalue weighted by Gasteiger charge is -2.13. The van der Waals surface area contributed by atoms with Crippen molar-refractivity contribution in [3.8, 4) is 0 Å². The molecule has 0 spiro atoms. The molecule has 0 aliphatic heterocycles. The van der Waals surface area contributed by atoms with Crippen LogP contribution in [-0.4, -0.2) is 23.4 Å². The molecule has 116 valence electrons. The first-order chi connectivity index (χ1) is 9.28. The van der Waals surface area contributed by atoms with Gasteiger partial charge in [0.1, 0.15) is 0 Å². The third-order valence-corrected chi connectivity index (χ3v) is 4.28. The summed E-state index contributed by atoms with van der Waals surface area (Å²) >= 11 is 0. The molecule has 0 amide bonds. The van der Waals surface area contributed by atoms with Crippen molar-refractivity contribution in [1.82, 2.24) is 0 Å². The van der Waals surface area contributed by atoms with Crippen molar-refractivity contribution >= 4 is 0 Å². The van der Waals surface area contributed by atoms with Crippen LogP contribution in [0, 0.1) is 11.8 Å². The standard InChI is InChI=1S/C17H36O2/c1-3-5-11-17(15-19)13-10-8-6-7-9-12-16(4-2)14-18/h16-19H,3-15H2,1-2H3. The molecule has 0 aliphatic carbocycles. The number of rotatable bonds is 14. The Labute approximate surface area is 120 Å². The van der Waals surface area contributed by atoms with Crippen molar-refractivity contribution < 1.29 is 10.2 Å². The van der Waals surface area contributed by atoms with Crippen molar-refractivity contribution in [2.45, 2.75) is 84.5 Å². The van der Waals surface area contributed by atoms with Crippen molar-refractivity contribution in [3.63, 3.8) is 0 Å². The van der Waals surface area contributed by atoms with Gasteiger partial charge >= 0.3 is 0 Å². The summed E-state index contributed by atoms with van der Waals surface area (Å²) in [6.45, 7) is 5.09. The highest BCUT2D eigenvalue weighted by atomic mass is 16.3. The number of hydrogen-bond acceptors (Lipinski definition) is 2. The molecule has 0 bridgehead atoms. The maximum atomic E-state index is 9.29. The Morgan fingerprint density at radius 3 is 1.58 bits per heavy atom. The van der Waals surface area contributed by atoms with Crippen molar-refractivity contribution in [1.29, 1.82) is 0 Å². The normalized spacial score (nSPS) is 14.5. The second-order valence-electron chi connectivity index (χ2n) is 5.99. The van der Waals surface area contributed by atoms with E-state index in [9.17, 15) is 5.11 Å². The van der Waals surface area contributed by atoms with E-state index >= 15 is 0 Å². The maximum Gasteiger partial charge on any atom is 0.0459 e. The highest BCUT2D eigenvalue weighted by molar-refractivity contribution is 4.59. The van der Waals surface area contributed by atoms with Gasteiger partial charge in [0.2, 0.25) is 0 Å². The zero-order chi connectivity index (χ0) is 14.3. The van der Waals surface area contributed by atoms with Crippen molar-refractivity contribution in [3.05, 3.63) is 0 Å². The van der Waals surface area contributed by atoms with E-state index in [1.54, 1.807) is 0 Å². The average Bonchev–Trinajstić information content (AvgIpc) is 2.45. The molecule has 0 heterocycles. The van der Waals surface area contributed by atoms with E-state index in [1.807, 2.05) is 0 Å². The Morgan fingerprint density at radius 1 is 0.632 bits per heavy atom. The van der Waals surface area contributed by atoms with Crippen LogP contribution in [0.25, 0.3) is 0 Å². The summed E-state index contributed by atoms with van der Waals surface area (Å²) in [6.07, 6.45) is 13.6. The average molecular weight is 272 g/mol. The second kappa shape index (κ2) is 14.3. The third kappa shape index (κ3) is 11.4. The highest BCUT2D eigenvalue weighted by Crippen LogP contribution is 2.18. The molecule has 0 rings (SSSR count). The minimum atomic E-state index is 0.353. The van der Waals surface area contributed by atoms with Gasteiger partial charge in [-0.05, 0) is 31.1 Å². The molecule has 0 saturated carbocycles.